The summed E-state index contributed by atoms with van der Waals surface area (Å²) in [6, 6.07) is 10.0. The molecule has 0 spiro atoms. The highest BCUT2D eigenvalue weighted by molar-refractivity contribution is 5.94. The molecule has 3 N–H and O–H groups in total. The Kier molecular flexibility index (Phi) is 5.85. The van der Waals surface area contributed by atoms with Gasteiger partial charge in [0.1, 0.15) is 5.75 Å². The summed E-state index contributed by atoms with van der Waals surface area (Å²) in [5, 5.41) is 12.3. The number of nitrogens with zero attached hydrogens (tertiary/aromatic N) is 3. The van der Waals surface area contributed by atoms with Crippen molar-refractivity contribution in [1.82, 2.24) is 20.1 Å². The molecule has 0 unspecified atom stereocenters. The van der Waals surface area contributed by atoms with Crippen molar-refractivity contribution in [1.29, 1.82) is 0 Å². The van der Waals surface area contributed by atoms with Crippen molar-refractivity contribution in [3.05, 3.63) is 60.6 Å². The van der Waals surface area contributed by atoms with E-state index < -0.39 is 6.03 Å². The molecule has 0 saturated heterocycles. The van der Waals surface area contributed by atoms with Crippen LogP contribution in [0.2, 0.25) is 0 Å². The molecule has 28 heavy (non-hydrogen) atoms. The molecule has 0 fully saturated rings. The van der Waals surface area contributed by atoms with Gasteiger partial charge in [-0.05, 0) is 42.0 Å². The van der Waals surface area contributed by atoms with Crippen LogP contribution in [-0.4, -0.2) is 33.8 Å². The SMILES string of the molecule is COc1ccc(NC(C)=O)cc1NC(=O)NCc1ccnc(-n2cccn2)c1. The first-order chi connectivity index (χ1) is 13.5. The first-order valence-electron chi connectivity index (χ1n) is 8.50. The summed E-state index contributed by atoms with van der Waals surface area (Å²) in [5.41, 5.74) is 1.87. The number of carbonyl (C=O) groups is 2. The zero-order chi connectivity index (χ0) is 19.9. The molecule has 0 aliphatic heterocycles. The van der Waals surface area contributed by atoms with Crippen LogP contribution >= 0.6 is 0 Å². The van der Waals surface area contributed by atoms with E-state index in [1.54, 1.807) is 41.5 Å². The molecule has 2 aromatic heterocycles. The normalized spacial score (nSPS) is 10.2. The van der Waals surface area contributed by atoms with Gasteiger partial charge in [0, 0.05) is 37.7 Å². The summed E-state index contributed by atoms with van der Waals surface area (Å²) >= 11 is 0. The minimum absolute atomic E-state index is 0.203. The number of pyridine rings is 1. The second kappa shape index (κ2) is 8.67. The number of methoxy groups -OCH3 is 1. The Hall–Kier alpha value is -3.88. The van der Waals surface area contributed by atoms with Gasteiger partial charge >= 0.3 is 6.03 Å². The number of anilines is 2. The van der Waals surface area contributed by atoms with Gasteiger partial charge in [-0.3, -0.25) is 4.79 Å². The lowest BCUT2D eigenvalue weighted by Crippen LogP contribution is -2.28. The van der Waals surface area contributed by atoms with Gasteiger partial charge in [-0.15, -0.1) is 0 Å². The molecule has 0 radical (unpaired) electrons. The van der Waals surface area contributed by atoms with Gasteiger partial charge in [0.15, 0.2) is 5.82 Å². The van der Waals surface area contributed by atoms with Crippen molar-refractivity contribution in [3.8, 4) is 11.6 Å². The molecule has 2 heterocycles. The summed E-state index contributed by atoms with van der Waals surface area (Å²) in [6.07, 6.45) is 5.12. The van der Waals surface area contributed by atoms with E-state index in [4.69, 9.17) is 4.74 Å². The lowest BCUT2D eigenvalue weighted by Gasteiger charge is -2.13. The average molecular weight is 380 g/mol. The van der Waals surface area contributed by atoms with Gasteiger partial charge in [-0.1, -0.05) is 0 Å². The summed E-state index contributed by atoms with van der Waals surface area (Å²) in [6.45, 7) is 1.71. The molecule has 0 aliphatic rings. The highest BCUT2D eigenvalue weighted by Crippen LogP contribution is 2.27. The summed E-state index contributed by atoms with van der Waals surface area (Å²) in [4.78, 5) is 27.8. The van der Waals surface area contributed by atoms with Crippen LogP contribution in [0.3, 0.4) is 0 Å². The smallest absolute Gasteiger partial charge is 0.319 e. The molecular weight excluding hydrogens is 360 g/mol. The highest BCUT2D eigenvalue weighted by atomic mass is 16.5. The lowest BCUT2D eigenvalue weighted by atomic mass is 10.2. The third-order valence-electron chi connectivity index (χ3n) is 3.77. The molecule has 3 amide bonds. The molecule has 0 aliphatic carbocycles. The van der Waals surface area contributed by atoms with Crippen molar-refractivity contribution in [2.45, 2.75) is 13.5 Å². The van der Waals surface area contributed by atoms with E-state index in [1.165, 1.54) is 14.0 Å². The molecule has 0 bridgehead atoms. The summed E-state index contributed by atoms with van der Waals surface area (Å²) < 4.78 is 6.89. The number of ether oxygens (including phenoxy) is 1. The number of nitrogens with one attached hydrogen (secondary N) is 3. The van der Waals surface area contributed by atoms with E-state index >= 15 is 0 Å². The summed E-state index contributed by atoms with van der Waals surface area (Å²) in [7, 11) is 1.50. The standard InChI is InChI=1S/C19H20N6O3/c1-13(26)23-15-4-5-17(28-2)16(11-15)24-19(27)21-12-14-6-8-20-18(10-14)25-9-3-7-22-25/h3-11H,12H2,1-2H3,(H,23,26)(H2,21,24,27). The molecule has 144 valence electrons. The number of amides is 3. The van der Waals surface area contributed by atoms with E-state index in [0.717, 1.165) is 5.56 Å². The molecule has 3 rings (SSSR count). The van der Waals surface area contributed by atoms with Crippen LogP contribution in [0.15, 0.2) is 55.0 Å². The monoisotopic (exact) mass is 380 g/mol. The van der Waals surface area contributed by atoms with Gasteiger partial charge in [0.2, 0.25) is 5.91 Å². The average Bonchev–Trinajstić information content (AvgIpc) is 3.21. The third-order valence-corrected chi connectivity index (χ3v) is 3.77. The van der Waals surface area contributed by atoms with E-state index in [2.05, 4.69) is 26.0 Å². The topological polar surface area (TPSA) is 110 Å². The van der Waals surface area contributed by atoms with Crippen LogP contribution in [0.4, 0.5) is 16.2 Å². The predicted molar refractivity (Wildman–Crippen MR) is 105 cm³/mol. The molecule has 1 aromatic carbocycles. The first-order valence-corrected chi connectivity index (χ1v) is 8.50. The van der Waals surface area contributed by atoms with Crippen molar-refractivity contribution in [3.63, 3.8) is 0 Å². The number of aromatic nitrogens is 3. The Morgan fingerprint density at radius 2 is 2.00 bits per heavy atom. The van der Waals surface area contributed by atoms with Gasteiger partial charge in [0.25, 0.3) is 0 Å². The van der Waals surface area contributed by atoms with Crippen molar-refractivity contribution in [2.24, 2.45) is 0 Å². The number of hydrogen-bond donors (Lipinski definition) is 3. The summed E-state index contributed by atoms with van der Waals surface area (Å²) in [5.74, 6) is 0.940. The molecule has 3 aromatic rings. The maximum Gasteiger partial charge on any atom is 0.319 e. The predicted octanol–water partition coefficient (Wildman–Crippen LogP) is 2.56. The van der Waals surface area contributed by atoms with Gasteiger partial charge in [-0.25, -0.2) is 14.5 Å². The van der Waals surface area contributed by atoms with E-state index in [0.29, 0.717) is 29.5 Å². The van der Waals surface area contributed by atoms with E-state index in [1.807, 2.05) is 18.2 Å². The van der Waals surface area contributed by atoms with E-state index in [9.17, 15) is 9.59 Å². The molecule has 9 heteroatoms. The second-order valence-electron chi connectivity index (χ2n) is 5.88. The highest BCUT2D eigenvalue weighted by Gasteiger charge is 2.10. The van der Waals surface area contributed by atoms with Crippen LogP contribution in [0.5, 0.6) is 5.75 Å². The quantitative estimate of drug-likeness (QED) is 0.609. The minimum atomic E-state index is -0.407. The van der Waals surface area contributed by atoms with Gasteiger partial charge < -0.3 is 20.7 Å². The lowest BCUT2D eigenvalue weighted by molar-refractivity contribution is -0.114. The number of carbonyl (C=O) groups excluding carboxylic acids is 2. The maximum absolute atomic E-state index is 12.3. The van der Waals surface area contributed by atoms with Crippen molar-refractivity contribution < 1.29 is 14.3 Å². The number of urea groups is 1. The molecular formula is C19H20N6O3. The Bertz CT molecular complexity index is 972. The Labute approximate surface area is 161 Å². The second-order valence-corrected chi connectivity index (χ2v) is 5.88. The van der Waals surface area contributed by atoms with E-state index in [-0.39, 0.29) is 5.91 Å². The zero-order valence-electron chi connectivity index (χ0n) is 15.5. The minimum Gasteiger partial charge on any atom is -0.495 e. The van der Waals surface area contributed by atoms with Crippen molar-refractivity contribution in [2.75, 3.05) is 17.7 Å². The number of rotatable bonds is 6. The van der Waals surface area contributed by atoms with Crippen LogP contribution < -0.4 is 20.7 Å². The van der Waals surface area contributed by atoms with Crippen LogP contribution in [0, 0.1) is 0 Å². The number of hydrogen-bond acceptors (Lipinski definition) is 5. The van der Waals surface area contributed by atoms with Gasteiger partial charge in [0.05, 0.1) is 12.8 Å². The largest absolute Gasteiger partial charge is 0.495 e. The molecule has 0 atom stereocenters. The Morgan fingerprint density at radius 1 is 1.14 bits per heavy atom. The fourth-order valence-electron chi connectivity index (χ4n) is 2.54. The van der Waals surface area contributed by atoms with Crippen LogP contribution in [0.1, 0.15) is 12.5 Å². The Balaban J connectivity index is 1.64. The van der Waals surface area contributed by atoms with Gasteiger partial charge in [-0.2, -0.15) is 5.10 Å². The number of benzene rings is 1. The fraction of sp³-hybridized carbons (Fsp3) is 0.158. The molecule has 9 nitrogen and oxygen atoms in total. The van der Waals surface area contributed by atoms with Crippen molar-refractivity contribution >= 4 is 23.3 Å². The molecule has 0 saturated carbocycles. The Morgan fingerprint density at radius 3 is 2.71 bits per heavy atom. The first kappa shape index (κ1) is 18.9. The zero-order valence-corrected chi connectivity index (χ0v) is 15.5. The van der Waals surface area contributed by atoms with Crippen LogP contribution in [-0.2, 0) is 11.3 Å². The maximum atomic E-state index is 12.3. The van der Waals surface area contributed by atoms with Crippen LogP contribution in [0.25, 0.3) is 5.82 Å². The third kappa shape index (κ3) is 4.85. The fourth-order valence-corrected chi connectivity index (χ4v) is 2.54.